The average Bonchev–Trinajstić information content (AvgIpc) is 2.25. The van der Waals surface area contributed by atoms with E-state index in [9.17, 15) is 4.80 Å². The molecule has 1 rings (SSSR count). The molecule has 1 heterocycles. The molecule has 1 aromatic heterocycles. The fraction of sp³-hybridized carbons (Fsp3) is 0.538. The van der Waals surface area contributed by atoms with Crippen molar-refractivity contribution >= 4 is 8.32 Å². The van der Waals surface area contributed by atoms with Crippen molar-refractivity contribution in [3.8, 4) is 6.07 Å². The molecule has 0 unspecified atom stereocenters. The number of rotatable bonds is 4. The van der Waals surface area contributed by atoms with Gasteiger partial charge in [-0.2, -0.15) is 5.26 Å². The van der Waals surface area contributed by atoms with E-state index in [1.165, 1.54) is 0 Å². The summed E-state index contributed by atoms with van der Waals surface area (Å²) < 4.78 is 0. The molecule has 0 fully saturated rings. The van der Waals surface area contributed by atoms with Crippen molar-refractivity contribution in [2.45, 2.75) is 44.8 Å². The van der Waals surface area contributed by atoms with E-state index in [4.69, 9.17) is 5.26 Å². The first kappa shape index (κ1) is 13.9. The lowest BCUT2D eigenvalue weighted by Gasteiger charge is -2.35. The van der Waals surface area contributed by atoms with E-state index in [-0.39, 0.29) is 5.04 Å². The predicted octanol–water partition coefficient (Wildman–Crippen LogP) is 2.86. The molecule has 0 aliphatic heterocycles. The second-order valence-corrected chi connectivity index (χ2v) is 10.1. The maximum Gasteiger partial charge on any atom is 0.188 e. The van der Waals surface area contributed by atoms with Crippen LogP contribution in [0.3, 0.4) is 0 Å². The Kier molecular flexibility index (Phi) is 4.07. The smallest absolute Gasteiger partial charge is 0.188 e. The van der Waals surface area contributed by atoms with Crippen LogP contribution in [0, 0.1) is 11.3 Å². The zero-order valence-corrected chi connectivity index (χ0v) is 12.0. The minimum atomic E-state index is -2.16. The Morgan fingerprint density at radius 1 is 1.47 bits per heavy atom. The van der Waals surface area contributed by atoms with Crippen LogP contribution in [0.25, 0.3) is 0 Å². The molecule has 1 aromatic rings. The normalized spacial score (nSPS) is 12.2. The molecule has 0 aliphatic carbocycles. The molecule has 0 bridgehead atoms. The average molecular weight is 248 g/mol. The molecule has 0 aliphatic rings. The van der Waals surface area contributed by atoms with Crippen LogP contribution < -0.4 is 0 Å². The summed E-state index contributed by atoms with van der Waals surface area (Å²) in [6.07, 6.45) is 5.02. The van der Waals surface area contributed by atoms with Crippen molar-refractivity contribution in [3.63, 3.8) is 0 Å². The minimum Gasteiger partial charge on any atom is -0.432 e. The molecule has 17 heavy (non-hydrogen) atoms. The zero-order valence-electron chi connectivity index (χ0n) is 11.0. The summed E-state index contributed by atoms with van der Waals surface area (Å²) in [7, 11) is -2.16. The molecule has 0 radical (unpaired) electrons. The SMILES string of the molecule is CC(C)(CCc1ccncc1C#N)[Si](C)(C)O. The van der Waals surface area contributed by atoms with Crippen molar-refractivity contribution in [3.05, 3.63) is 29.6 Å². The summed E-state index contributed by atoms with van der Waals surface area (Å²) in [5, 5.41) is 8.92. The van der Waals surface area contributed by atoms with Gasteiger partial charge in [-0.1, -0.05) is 13.8 Å². The van der Waals surface area contributed by atoms with Crippen LogP contribution in [0.5, 0.6) is 0 Å². The Hall–Kier alpha value is -1.18. The first-order valence-corrected chi connectivity index (χ1v) is 8.78. The van der Waals surface area contributed by atoms with Gasteiger partial charge >= 0.3 is 0 Å². The van der Waals surface area contributed by atoms with E-state index in [2.05, 4.69) is 24.9 Å². The van der Waals surface area contributed by atoms with Crippen LogP contribution in [0.2, 0.25) is 18.1 Å². The summed E-state index contributed by atoms with van der Waals surface area (Å²) in [4.78, 5) is 14.2. The van der Waals surface area contributed by atoms with E-state index in [1.54, 1.807) is 12.4 Å². The maximum absolute atomic E-state index is 10.2. The maximum atomic E-state index is 10.2. The highest BCUT2D eigenvalue weighted by Gasteiger charge is 2.37. The summed E-state index contributed by atoms with van der Waals surface area (Å²) in [5.41, 5.74) is 1.66. The first-order chi connectivity index (χ1) is 7.78. The molecule has 4 heteroatoms. The van der Waals surface area contributed by atoms with Crippen molar-refractivity contribution in [1.29, 1.82) is 5.26 Å². The standard InChI is InChI=1S/C13H20N2OSi/c1-13(2,17(3,4)16)7-5-11-6-8-15-10-12(11)9-14/h6,8,10,16H,5,7H2,1-4H3. The molecule has 0 saturated heterocycles. The Morgan fingerprint density at radius 2 is 2.12 bits per heavy atom. The Balaban J connectivity index is 2.78. The molecule has 0 saturated carbocycles. The quantitative estimate of drug-likeness (QED) is 0.834. The summed E-state index contributed by atoms with van der Waals surface area (Å²) in [6.45, 7) is 8.13. The van der Waals surface area contributed by atoms with Gasteiger partial charge in [-0.3, -0.25) is 4.98 Å². The molecule has 3 nitrogen and oxygen atoms in total. The highest BCUT2D eigenvalue weighted by molar-refractivity contribution is 6.72. The lowest BCUT2D eigenvalue weighted by Crippen LogP contribution is -2.39. The molecule has 0 spiro atoms. The molecule has 0 aromatic carbocycles. The van der Waals surface area contributed by atoms with Gasteiger partial charge in [0.1, 0.15) is 6.07 Å². The highest BCUT2D eigenvalue weighted by Crippen LogP contribution is 2.39. The van der Waals surface area contributed by atoms with Crippen LogP contribution in [0.15, 0.2) is 18.5 Å². The number of aromatic nitrogens is 1. The van der Waals surface area contributed by atoms with Crippen LogP contribution in [-0.4, -0.2) is 18.1 Å². The number of aryl methyl sites for hydroxylation is 1. The number of nitrogens with zero attached hydrogens (tertiary/aromatic N) is 2. The second-order valence-electron chi connectivity index (χ2n) is 5.59. The molecule has 0 amide bonds. The Bertz CT molecular complexity index is 430. The van der Waals surface area contributed by atoms with Gasteiger partial charge in [0, 0.05) is 12.4 Å². The fourth-order valence-electron chi connectivity index (χ4n) is 1.50. The Labute approximate surface area is 104 Å². The second kappa shape index (κ2) is 4.99. The van der Waals surface area contributed by atoms with Crippen LogP contribution in [-0.2, 0) is 6.42 Å². The van der Waals surface area contributed by atoms with Crippen molar-refractivity contribution in [1.82, 2.24) is 4.98 Å². The third-order valence-electron chi connectivity index (χ3n) is 3.71. The van der Waals surface area contributed by atoms with Gasteiger partial charge in [-0.05, 0) is 42.6 Å². The number of hydrogen-bond donors (Lipinski definition) is 1. The van der Waals surface area contributed by atoms with Crippen LogP contribution in [0.1, 0.15) is 31.4 Å². The Morgan fingerprint density at radius 3 is 2.65 bits per heavy atom. The van der Waals surface area contributed by atoms with Crippen molar-refractivity contribution in [2.24, 2.45) is 0 Å². The molecular formula is C13H20N2OSi. The van der Waals surface area contributed by atoms with Gasteiger partial charge in [-0.15, -0.1) is 0 Å². The third-order valence-corrected chi connectivity index (χ3v) is 7.27. The third kappa shape index (κ3) is 3.38. The van der Waals surface area contributed by atoms with Gasteiger partial charge in [0.15, 0.2) is 8.32 Å². The van der Waals surface area contributed by atoms with E-state index in [0.29, 0.717) is 5.56 Å². The van der Waals surface area contributed by atoms with Gasteiger partial charge in [-0.25, -0.2) is 0 Å². The van der Waals surface area contributed by atoms with E-state index >= 15 is 0 Å². The first-order valence-electron chi connectivity index (χ1n) is 5.83. The largest absolute Gasteiger partial charge is 0.432 e. The monoisotopic (exact) mass is 248 g/mol. The van der Waals surface area contributed by atoms with Gasteiger partial charge in [0.05, 0.1) is 5.56 Å². The lowest BCUT2D eigenvalue weighted by molar-refractivity contribution is 0.451. The van der Waals surface area contributed by atoms with Crippen molar-refractivity contribution in [2.75, 3.05) is 0 Å². The molecule has 0 atom stereocenters. The van der Waals surface area contributed by atoms with Crippen molar-refractivity contribution < 1.29 is 4.80 Å². The highest BCUT2D eigenvalue weighted by atomic mass is 28.4. The van der Waals surface area contributed by atoms with Crippen LogP contribution >= 0.6 is 0 Å². The molecule has 92 valence electrons. The van der Waals surface area contributed by atoms with Gasteiger partial charge in [0.25, 0.3) is 0 Å². The molecular weight excluding hydrogens is 228 g/mol. The minimum absolute atomic E-state index is 0.0526. The van der Waals surface area contributed by atoms with E-state index < -0.39 is 8.32 Å². The van der Waals surface area contributed by atoms with E-state index in [1.807, 2.05) is 19.2 Å². The van der Waals surface area contributed by atoms with E-state index in [0.717, 1.165) is 18.4 Å². The fourth-order valence-corrected chi connectivity index (χ4v) is 2.23. The summed E-state index contributed by atoms with van der Waals surface area (Å²) in [6, 6.07) is 4.05. The zero-order chi connectivity index (χ0) is 13.1. The number of nitriles is 1. The van der Waals surface area contributed by atoms with Gasteiger partial charge < -0.3 is 4.80 Å². The van der Waals surface area contributed by atoms with Crippen LogP contribution in [0.4, 0.5) is 0 Å². The summed E-state index contributed by atoms with van der Waals surface area (Å²) >= 11 is 0. The predicted molar refractivity (Wildman–Crippen MR) is 71.0 cm³/mol. The number of hydrogen-bond acceptors (Lipinski definition) is 3. The number of pyridine rings is 1. The lowest BCUT2D eigenvalue weighted by atomic mass is 10.00. The summed E-state index contributed by atoms with van der Waals surface area (Å²) in [5.74, 6) is 0. The van der Waals surface area contributed by atoms with Gasteiger partial charge in [0.2, 0.25) is 0 Å². The topological polar surface area (TPSA) is 56.9 Å². The molecule has 1 N–H and O–H groups in total.